The number of carboxylic acid groups (broad SMARTS) is 1. The Hall–Kier alpha value is -2.70. The standard InChI is InChI=1S/C16H17N3O4/c1-10-7-14(18-6-5-16(2,9-18)15(20)21)12-8-11(19(22)23)3-4-13(12)17-10/h3-4,7-8H,5-6,9H2,1-2H3,(H,20,21). The van der Waals surface area contributed by atoms with Crippen LogP contribution in [0.5, 0.6) is 0 Å². The highest BCUT2D eigenvalue weighted by atomic mass is 16.6. The number of fused-ring (bicyclic) bond motifs is 1. The van der Waals surface area contributed by atoms with E-state index in [1.54, 1.807) is 13.0 Å². The first kappa shape index (κ1) is 15.2. The summed E-state index contributed by atoms with van der Waals surface area (Å²) in [6, 6.07) is 6.44. The van der Waals surface area contributed by atoms with Crippen LogP contribution in [0.15, 0.2) is 24.3 Å². The van der Waals surface area contributed by atoms with E-state index in [1.807, 2.05) is 17.9 Å². The molecule has 0 bridgehead atoms. The molecule has 1 aromatic carbocycles. The molecule has 0 radical (unpaired) electrons. The third-order valence-corrected chi connectivity index (χ3v) is 4.44. The van der Waals surface area contributed by atoms with Crippen LogP contribution in [0.25, 0.3) is 10.9 Å². The molecule has 1 saturated heterocycles. The average Bonchev–Trinajstić information content (AvgIpc) is 2.89. The minimum absolute atomic E-state index is 0.00426. The number of aliphatic carboxylic acids is 1. The Labute approximate surface area is 132 Å². The molecule has 120 valence electrons. The highest BCUT2D eigenvalue weighted by Gasteiger charge is 2.41. The summed E-state index contributed by atoms with van der Waals surface area (Å²) in [6.07, 6.45) is 0.542. The fourth-order valence-corrected chi connectivity index (χ4v) is 3.04. The molecule has 3 rings (SSSR count). The van der Waals surface area contributed by atoms with Crippen LogP contribution >= 0.6 is 0 Å². The van der Waals surface area contributed by atoms with E-state index < -0.39 is 16.3 Å². The van der Waals surface area contributed by atoms with Gasteiger partial charge >= 0.3 is 5.97 Å². The van der Waals surface area contributed by atoms with Gasteiger partial charge in [-0.1, -0.05) is 0 Å². The van der Waals surface area contributed by atoms with Gasteiger partial charge in [0.25, 0.3) is 5.69 Å². The second-order valence-electron chi connectivity index (χ2n) is 6.28. The summed E-state index contributed by atoms with van der Waals surface area (Å²) in [4.78, 5) is 28.4. The molecule has 1 unspecified atom stereocenters. The van der Waals surface area contributed by atoms with Gasteiger partial charge in [0.05, 0.1) is 15.9 Å². The zero-order chi connectivity index (χ0) is 16.8. The lowest BCUT2D eigenvalue weighted by Gasteiger charge is -2.23. The Morgan fingerprint density at radius 2 is 2.17 bits per heavy atom. The second-order valence-corrected chi connectivity index (χ2v) is 6.28. The van der Waals surface area contributed by atoms with E-state index in [4.69, 9.17) is 0 Å². The molecule has 7 heteroatoms. The molecular weight excluding hydrogens is 298 g/mol. The van der Waals surface area contributed by atoms with Crippen LogP contribution in [0.3, 0.4) is 0 Å². The van der Waals surface area contributed by atoms with Crippen LogP contribution in [0.1, 0.15) is 19.0 Å². The number of nitro benzene ring substituents is 1. The van der Waals surface area contributed by atoms with E-state index in [9.17, 15) is 20.0 Å². The summed E-state index contributed by atoms with van der Waals surface area (Å²) >= 11 is 0. The van der Waals surface area contributed by atoms with Crippen molar-refractivity contribution in [3.05, 3.63) is 40.1 Å². The van der Waals surface area contributed by atoms with E-state index in [-0.39, 0.29) is 5.69 Å². The Morgan fingerprint density at radius 3 is 2.78 bits per heavy atom. The van der Waals surface area contributed by atoms with Gasteiger partial charge < -0.3 is 10.0 Å². The van der Waals surface area contributed by atoms with Gasteiger partial charge in [-0.3, -0.25) is 19.9 Å². The minimum Gasteiger partial charge on any atom is -0.481 e. The zero-order valence-corrected chi connectivity index (χ0v) is 12.9. The Balaban J connectivity index is 2.11. The normalized spacial score (nSPS) is 20.9. The summed E-state index contributed by atoms with van der Waals surface area (Å²) in [7, 11) is 0. The van der Waals surface area contributed by atoms with Crippen LogP contribution in [0, 0.1) is 22.5 Å². The first-order valence-corrected chi connectivity index (χ1v) is 7.34. The highest BCUT2D eigenvalue weighted by molar-refractivity contribution is 5.94. The van der Waals surface area contributed by atoms with Crippen molar-refractivity contribution >= 4 is 28.2 Å². The van der Waals surface area contributed by atoms with Gasteiger partial charge in [-0.05, 0) is 32.4 Å². The number of pyridine rings is 1. The number of hydrogen-bond donors (Lipinski definition) is 1. The van der Waals surface area contributed by atoms with Gasteiger partial charge in [-0.15, -0.1) is 0 Å². The van der Waals surface area contributed by atoms with Gasteiger partial charge in [-0.2, -0.15) is 0 Å². The van der Waals surface area contributed by atoms with E-state index in [0.29, 0.717) is 30.4 Å². The van der Waals surface area contributed by atoms with E-state index in [0.717, 1.165) is 11.4 Å². The molecule has 23 heavy (non-hydrogen) atoms. The summed E-state index contributed by atoms with van der Waals surface area (Å²) in [5.74, 6) is -0.818. The van der Waals surface area contributed by atoms with Crippen molar-refractivity contribution in [2.75, 3.05) is 18.0 Å². The number of nitrogens with zero attached hydrogens (tertiary/aromatic N) is 3. The van der Waals surface area contributed by atoms with Crippen LogP contribution in [-0.4, -0.2) is 34.1 Å². The number of benzene rings is 1. The van der Waals surface area contributed by atoms with Crippen molar-refractivity contribution in [2.45, 2.75) is 20.3 Å². The van der Waals surface area contributed by atoms with Gasteiger partial charge in [-0.25, -0.2) is 0 Å². The van der Waals surface area contributed by atoms with Crippen molar-refractivity contribution < 1.29 is 14.8 Å². The molecule has 2 aromatic rings. The van der Waals surface area contributed by atoms with E-state index >= 15 is 0 Å². The molecule has 0 aliphatic carbocycles. The number of non-ortho nitro benzene ring substituents is 1. The minimum atomic E-state index is -0.818. The molecule has 1 aliphatic heterocycles. The smallest absolute Gasteiger partial charge is 0.311 e. The van der Waals surface area contributed by atoms with E-state index in [1.165, 1.54) is 12.1 Å². The first-order chi connectivity index (χ1) is 10.8. The number of nitro groups is 1. The molecule has 0 amide bonds. The lowest BCUT2D eigenvalue weighted by Crippen LogP contribution is -2.31. The second kappa shape index (κ2) is 5.19. The maximum atomic E-state index is 11.4. The fraction of sp³-hybridized carbons (Fsp3) is 0.375. The van der Waals surface area contributed by atoms with Gasteiger partial charge in [0.15, 0.2) is 0 Å². The molecular formula is C16H17N3O4. The van der Waals surface area contributed by atoms with Crippen molar-refractivity contribution in [3.63, 3.8) is 0 Å². The lowest BCUT2D eigenvalue weighted by atomic mass is 9.90. The maximum Gasteiger partial charge on any atom is 0.311 e. The van der Waals surface area contributed by atoms with Crippen LogP contribution < -0.4 is 4.90 Å². The summed E-state index contributed by atoms with van der Waals surface area (Å²) in [6.45, 7) is 4.57. The van der Waals surface area contributed by atoms with Crippen molar-refractivity contribution in [1.29, 1.82) is 0 Å². The number of anilines is 1. The van der Waals surface area contributed by atoms with Gasteiger partial charge in [0.2, 0.25) is 0 Å². The molecule has 1 N–H and O–H groups in total. The first-order valence-electron chi connectivity index (χ1n) is 7.34. The Kier molecular flexibility index (Phi) is 3.43. The van der Waals surface area contributed by atoms with Crippen LogP contribution in [0.2, 0.25) is 0 Å². The number of aryl methyl sites for hydroxylation is 1. The molecule has 1 atom stereocenters. The van der Waals surface area contributed by atoms with Crippen LogP contribution in [0.4, 0.5) is 11.4 Å². The third-order valence-electron chi connectivity index (χ3n) is 4.44. The molecule has 1 aromatic heterocycles. The largest absolute Gasteiger partial charge is 0.481 e. The van der Waals surface area contributed by atoms with Gasteiger partial charge in [0.1, 0.15) is 0 Å². The molecule has 1 aliphatic rings. The van der Waals surface area contributed by atoms with Crippen molar-refractivity contribution in [2.24, 2.45) is 5.41 Å². The van der Waals surface area contributed by atoms with E-state index in [2.05, 4.69) is 4.98 Å². The van der Waals surface area contributed by atoms with Crippen molar-refractivity contribution in [3.8, 4) is 0 Å². The number of aromatic nitrogens is 1. The number of carbonyl (C=O) groups is 1. The average molecular weight is 315 g/mol. The lowest BCUT2D eigenvalue weighted by molar-refractivity contribution is -0.384. The monoisotopic (exact) mass is 315 g/mol. The molecule has 0 saturated carbocycles. The van der Waals surface area contributed by atoms with Gasteiger partial charge in [0, 0.05) is 42.0 Å². The quantitative estimate of drug-likeness (QED) is 0.691. The zero-order valence-electron chi connectivity index (χ0n) is 12.9. The van der Waals surface area contributed by atoms with Crippen LogP contribution in [-0.2, 0) is 4.79 Å². The Bertz CT molecular complexity index is 820. The number of carboxylic acids is 1. The summed E-state index contributed by atoms with van der Waals surface area (Å²) in [5, 5.41) is 21.1. The maximum absolute atomic E-state index is 11.4. The topological polar surface area (TPSA) is 96.6 Å². The predicted molar refractivity (Wildman–Crippen MR) is 85.7 cm³/mol. The SMILES string of the molecule is Cc1cc(N2CCC(C)(C(=O)O)C2)c2cc([N+](=O)[O-])ccc2n1. The molecule has 1 fully saturated rings. The number of rotatable bonds is 3. The summed E-state index contributed by atoms with van der Waals surface area (Å²) < 4.78 is 0. The molecule has 2 heterocycles. The van der Waals surface area contributed by atoms with Crippen molar-refractivity contribution in [1.82, 2.24) is 4.98 Å². The Morgan fingerprint density at radius 1 is 1.43 bits per heavy atom. The third kappa shape index (κ3) is 2.58. The fourth-order valence-electron chi connectivity index (χ4n) is 3.04. The molecule has 7 nitrogen and oxygen atoms in total. The highest BCUT2D eigenvalue weighted by Crippen LogP contribution is 2.37. The number of hydrogen-bond acceptors (Lipinski definition) is 5. The predicted octanol–water partition coefficient (Wildman–Crippen LogP) is 2.75. The summed E-state index contributed by atoms with van der Waals surface area (Å²) in [5.41, 5.74) is 1.48. The molecule has 0 spiro atoms.